The van der Waals surface area contributed by atoms with Crippen molar-refractivity contribution in [2.75, 3.05) is 19.8 Å². The van der Waals surface area contributed by atoms with Gasteiger partial charge in [0.2, 0.25) is 0 Å². The van der Waals surface area contributed by atoms with Crippen molar-refractivity contribution < 1.29 is 14.6 Å². The van der Waals surface area contributed by atoms with Crippen LogP contribution in [0.25, 0.3) is 0 Å². The van der Waals surface area contributed by atoms with Gasteiger partial charge in [0.15, 0.2) is 0 Å². The third-order valence-corrected chi connectivity index (χ3v) is 3.64. The van der Waals surface area contributed by atoms with E-state index in [9.17, 15) is 4.79 Å². The Balaban J connectivity index is 1.91. The van der Waals surface area contributed by atoms with Gasteiger partial charge in [-0.05, 0) is 26.2 Å². The van der Waals surface area contributed by atoms with Gasteiger partial charge < -0.3 is 9.84 Å². The molecule has 4 heteroatoms. The fraction of sp³-hybridized carbons (Fsp3) is 0.909. The number of hydrogen-bond acceptors (Lipinski definition) is 3. The van der Waals surface area contributed by atoms with Gasteiger partial charge in [-0.2, -0.15) is 0 Å². The summed E-state index contributed by atoms with van der Waals surface area (Å²) in [5.41, 5.74) is 0. The summed E-state index contributed by atoms with van der Waals surface area (Å²) in [6, 6.07) is 0.904. The number of carboxylic acid groups (broad SMARTS) is 1. The zero-order valence-corrected chi connectivity index (χ0v) is 9.19. The van der Waals surface area contributed by atoms with Crippen LogP contribution in [-0.2, 0) is 9.53 Å². The molecule has 0 aromatic rings. The third-order valence-electron chi connectivity index (χ3n) is 3.64. The predicted octanol–water partition coefficient (Wildman–Crippen LogP) is 0.960. The summed E-state index contributed by atoms with van der Waals surface area (Å²) in [4.78, 5) is 13.3. The average Bonchev–Trinajstić information content (AvgIpc) is 2.67. The third kappa shape index (κ3) is 2.32. The summed E-state index contributed by atoms with van der Waals surface area (Å²) in [7, 11) is 0. The van der Waals surface area contributed by atoms with E-state index < -0.39 is 5.97 Å². The molecule has 4 nitrogen and oxygen atoms in total. The molecule has 15 heavy (non-hydrogen) atoms. The maximum absolute atomic E-state index is 10.9. The standard InChI is InChI=1S/C11H19NO3/c1-8-7-15-5-4-12(8)10-3-2-9(6-10)11(13)14/h8-10H,2-7H2,1H3,(H,13,14). The highest BCUT2D eigenvalue weighted by Gasteiger charge is 2.35. The predicted molar refractivity (Wildman–Crippen MR) is 55.8 cm³/mol. The minimum Gasteiger partial charge on any atom is -0.481 e. The lowest BCUT2D eigenvalue weighted by molar-refractivity contribution is -0.141. The molecular formula is C11H19NO3. The molecule has 1 aliphatic carbocycles. The summed E-state index contributed by atoms with van der Waals surface area (Å²) in [6.45, 7) is 4.69. The van der Waals surface area contributed by atoms with Crippen molar-refractivity contribution in [3.63, 3.8) is 0 Å². The highest BCUT2D eigenvalue weighted by Crippen LogP contribution is 2.31. The Labute approximate surface area is 90.2 Å². The van der Waals surface area contributed by atoms with Gasteiger partial charge in [-0.15, -0.1) is 0 Å². The molecule has 1 N–H and O–H groups in total. The summed E-state index contributed by atoms with van der Waals surface area (Å²) in [6.07, 6.45) is 2.69. The molecular weight excluding hydrogens is 194 g/mol. The number of morpholine rings is 1. The van der Waals surface area contributed by atoms with Gasteiger partial charge in [0.05, 0.1) is 19.1 Å². The summed E-state index contributed by atoms with van der Waals surface area (Å²) in [5, 5.41) is 8.95. The number of rotatable bonds is 2. The first-order valence-electron chi connectivity index (χ1n) is 5.74. The number of ether oxygens (including phenoxy) is 1. The van der Waals surface area contributed by atoms with Crippen LogP contribution in [0.4, 0.5) is 0 Å². The highest BCUT2D eigenvalue weighted by molar-refractivity contribution is 5.70. The van der Waals surface area contributed by atoms with Gasteiger partial charge in [0, 0.05) is 18.6 Å². The van der Waals surface area contributed by atoms with E-state index in [1.807, 2.05) is 0 Å². The van der Waals surface area contributed by atoms with Crippen LogP contribution >= 0.6 is 0 Å². The number of carbonyl (C=O) groups is 1. The van der Waals surface area contributed by atoms with E-state index in [4.69, 9.17) is 9.84 Å². The first kappa shape index (κ1) is 10.9. The van der Waals surface area contributed by atoms with Crippen molar-refractivity contribution >= 4 is 5.97 Å². The smallest absolute Gasteiger partial charge is 0.306 e. The monoisotopic (exact) mass is 213 g/mol. The van der Waals surface area contributed by atoms with E-state index in [-0.39, 0.29) is 5.92 Å². The topological polar surface area (TPSA) is 49.8 Å². The zero-order valence-electron chi connectivity index (χ0n) is 9.19. The minimum absolute atomic E-state index is 0.120. The molecule has 3 unspecified atom stereocenters. The SMILES string of the molecule is CC1COCCN1C1CCC(C(=O)O)C1. The Morgan fingerprint density at radius 2 is 2.27 bits per heavy atom. The first-order chi connectivity index (χ1) is 7.18. The van der Waals surface area contributed by atoms with E-state index in [0.717, 1.165) is 39.0 Å². The molecule has 86 valence electrons. The molecule has 0 spiro atoms. The van der Waals surface area contributed by atoms with Crippen LogP contribution in [0.2, 0.25) is 0 Å². The maximum atomic E-state index is 10.9. The summed E-state index contributed by atoms with van der Waals surface area (Å²) < 4.78 is 5.39. The molecule has 0 aromatic carbocycles. The van der Waals surface area contributed by atoms with E-state index in [2.05, 4.69) is 11.8 Å². The molecule has 0 radical (unpaired) electrons. The molecule has 1 aliphatic heterocycles. The zero-order chi connectivity index (χ0) is 10.8. The van der Waals surface area contributed by atoms with Crippen LogP contribution in [0.15, 0.2) is 0 Å². The Bertz CT molecular complexity index is 244. The normalized spacial score (nSPS) is 38.1. The van der Waals surface area contributed by atoms with Crippen molar-refractivity contribution in [3.05, 3.63) is 0 Å². The highest BCUT2D eigenvalue weighted by atomic mass is 16.5. The lowest BCUT2D eigenvalue weighted by atomic mass is 10.1. The molecule has 2 aliphatic rings. The van der Waals surface area contributed by atoms with Crippen LogP contribution in [0.5, 0.6) is 0 Å². The molecule has 0 amide bonds. The lowest BCUT2D eigenvalue weighted by Crippen LogP contribution is -2.48. The van der Waals surface area contributed by atoms with Crippen molar-refractivity contribution in [3.8, 4) is 0 Å². The van der Waals surface area contributed by atoms with Crippen LogP contribution in [0.3, 0.4) is 0 Å². The molecule has 3 atom stereocenters. The molecule has 0 bridgehead atoms. The van der Waals surface area contributed by atoms with Crippen molar-refractivity contribution in [1.29, 1.82) is 0 Å². The second-order valence-corrected chi connectivity index (χ2v) is 4.66. The van der Waals surface area contributed by atoms with Crippen molar-refractivity contribution in [2.45, 2.75) is 38.3 Å². The fourth-order valence-electron chi connectivity index (χ4n) is 2.77. The second kappa shape index (κ2) is 4.49. The number of hydrogen-bond donors (Lipinski definition) is 1. The Hall–Kier alpha value is -0.610. The molecule has 1 heterocycles. The van der Waals surface area contributed by atoms with Crippen molar-refractivity contribution in [2.24, 2.45) is 5.92 Å². The molecule has 2 fully saturated rings. The van der Waals surface area contributed by atoms with Gasteiger partial charge in [0.1, 0.15) is 0 Å². The van der Waals surface area contributed by atoms with Crippen LogP contribution in [0.1, 0.15) is 26.2 Å². The van der Waals surface area contributed by atoms with Gasteiger partial charge in [0.25, 0.3) is 0 Å². The minimum atomic E-state index is -0.626. The van der Waals surface area contributed by atoms with E-state index in [0.29, 0.717) is 12.1 Å². The van der Waals surface area contributed by atoms with Gasteiger partial charge in [-0.3, -0.25) is 9.69 Å². The van der Waals surface area contributed by atoms with Gasteiger partial charge >= 0.3 is 5.97 Å². The molecule has 2 rings (SSSR count). The number of carboxylic acids is 1. The quantitative estimate of drug-likeness (QED) is 0.742. The summed E-state index contributed by atoms with van der Waals surface area (Å²) >= 11 is 0. The van der Waals surface area contributed by atoms with Gasteiger partial charge in [-0.1, -0.05) is 0 Å². The maximum Gasteiger partial charge on any atom is 0.306 e. The van der Waals surface area contributed by atoms with E-state index >= 15 is 0 Å². The van der Waals surface area contributed by atoms with Crippen molar-refractivity contribution in [1.82, 2.24) is 4.90 Å². The molecule has 1 saturated carbocycles. The van der Waals surface area contributed by atoms with Crippen LogP contribution in [0, 0.1) is 5.92 Å². The fourth-order valence-corrected chi connectivity index (χ4v) is 2.77. The molecule has 0 aromatic heterocycles. The largest absolute Gasteiger partial charge is 0.481 e. The van der Waals surface area contributed by atoms with Crippen LogP contribution in [-0.4, -0.2) is 47.8 Å². The van der Waals surface area contributed by atoms with E-state index in [1.54, 1.807) is 0 Å². The Kier molecular flexibility index (Phi) is 3.26. The van der Waals surface area contributed by atoms with Crippen LogP contribution < -0.4 is 0 Å². The first-order valence-corrected chi connectivity index (χ1v) is 5.74. The van der Waals surface area contributed by atoms with E-state index in [1.165, 1.54) is 0 Å². The lowest BCUT2D eigenvalue weighted by Gasteiger charge is -2.37. The second-order valence-electron chi connectivity index (χ2n) is 4.66. The number of aliphatic carboxylic acids is 1. The Morgan fingerprint density at radius 1 is 1.47 bits per heavy atom. The molecule has 1 saturated heterocycles. The Morgan fingerprint density at radius 3 is 2.87 bits per heavy atom. The average molecular weight is 213 g/mol. The van der Waals surface area contributed by atoms with Gasteiger partial charge in [-0.25, -0.2) is 0 Å². The number of nitrogens with zero attached hydrogens (tertiary/aromatic N) is 1. The summed E-state index contributed by atoms with van der Waals surface area (Å²) in [5.74, 6) is -0.747.